The number of fused-ring (bicyclic) bond motifs is 9. The number of nitrogens with zero attached hydrogens (tertiary/aromatic N) is 1. The summed E-state index contributed by atoms with van der Waals surface area (Å²) in [6.07, 6.45) is 5.84. The molecule has 4 heteroatoms. The van der Waals surface area contributed by atoms with Gasteiger partial charge in [-0.05, 0) is 94.2 Å². The second-order valence-corrected chi connectivity index (χ2v) is 12.6. The molecule has 2 aromatic heterocycles. The number of ether oxygens (including phenoxy) is 1. The topological polar surface area (TPSA) is 38.8 Å². The van der Waals surface area contributed by atoms with Gasteiger partial charge in [-0.15, -0.1) is 0 Å². The predicted octanol–water partition coefficient (Wildman–Crippen LogP) is 12.9. The van der Waals surface area contributed by atoms with Crippen LogP contribution in [0, 0.1) is 0 Å². The van der Waals surface area contributed by atoms with Crippen molar-refractivity contribution >= 4 is 71.6 Å². The molecule has 0 saturated heterocycles. The van der Waals surface area contributed by atoms with Crippen molar-refractivity contribution in [1.82, 2.24) is 0 Å². The zero-order valence-electron chi connectivity index (χ0n) is 27.0. The Morgan fingerprint density at radius 1 is 0.500 bits per heavy atom. The number of anilines is 2. The van der Waals surface area contributed by atoms with Crippen LogP contribution in [0.15, 0.2) is 185 Å². The summed E-state index contributed by atoms with van der Waals surface area (Å²) >= 11 is 0. The van der Waals surface area contributed by atoms with Gasteiger partial charge in [0.05, 0.1) is 6.26 Å². The van der Waals surface area contributed by atoms with E-state index in [1.54, 1.807) is 6.26 Å². The monoisotopic (exact) mass is 643 g/mol. The van der Waals surface area contributed by atoms with Crippen molar-refractivity contribution in [2.24, 2.45) is 0 Å². The van der Waals surface area contributed by atoms with E-state index in [4.69, 9.17) is 13.6 Å². The van der Waals surface area contributed by atoms with E-state index in [2.05, 4.69) is 109 Å². The maximum absolute atomic E-state index is 6.33. The SMILES string of the molecule is C=C1/C=C(N(c2ccc(-c3ccc4ccc5oc6ccccc6c5c4c3)cc2)c2ccc3c(c2)oc2ccccc23)\C=C/Oc2ccccc21. The molecule has 0 atom stereocenters. The lowest BCUT2D eigenvalue weighted by molar-refractivity contribution is 0.479. The van der Waals surface area contributed by atoms with Crippen LogP contribution in [0.1, 0.15) is 5.56 Å². The molecule has 10 rings (SSSR count). The summed E-state index contributed by atoms with van der Waals surface area (Å²) < 4.78 is 18.6. The highest BCUT2D eigenvalue weighted by atomic mass is 16.5. The molecule has 3 heterocycles. The standard InChI is InChI=1S/C46H29NO3/c1-29-26-35(24-25-48-41-11-5-2-8-36(29)41)47(34-21-22-38-37-9-3-6-12-42(37)50-45(38)28-34)33-19-16-30(17-20-33)32-15-14-31-18-23-44-46(40(31)27-32)39-10-4-7-13-43(39)49-44/h2-28H,1H2/b25-24-,35-26+. The van der Waals surface area contributed by atoms with Crippen LogP contribution in [0.3, 0.4) is 0 Å². The number of rotatable bonds is 4. The highest BCUT2D eigenvalue weighted by Crippen LogP contribution is 2.40. The molecule has 9 aromatic rings. The minimum atomic E-state index is 0.778. The van der Waals surface area contributed by atoms with Gasteiger partial charge in [0.2, 0.25) is 0 Å². The molecule has 4 nitrogen and oxygen atoms in total. The van der Waals surface area contributed by atoms with Crippen molar-refractivity contribution < 1.29 is 13.6 Å². The van der Waals surface area contributed by atoms with Crippen LogP contribution in [0.25, 0.3) is 71.3 Å². The second-order valence-electron chi connectivity index (χ2n) is 12.6. The van der Waals surface area contributed by atoms with E-state index in [0.717, 1.165) is 89.0 Å². The van der Waals surface area contributed by atoms with Gasteiger partial charge < -0.3 is 18.5 Å². The van der Waals surface area contributed by atoms with E-state index >= 15 is 0 Å². The smallest absolute Gasteiger partial charge is 0.137 e. The van der Waals surface area contributed by atoms with Crippen LogP contribution < -0.4 is 9.64 Å². The molecule has 7 aromatic carbocycles. The van der Waals surface area contributed by atoms with Gasteiger partial charge >= 0.3 is 0 Å². The van der Waals surface area contributed by atoms with Gasteiger partial charge in [0, 0.05) is 50.2 Å². The molecule has 0 unspecified atom stereocenters. The third-order valence-corrected chi connectivity index (χ3v) is 9.69. The molecule has 0 spiro atoms. The molecule has 236 valence electrons. The number of hydrogen-bond acceptors (Lipinski definition) is 4. The molecule has 1 aliphatic heterocycles. The van der Waals surface area contributed by atoms with Crippen molar-refractivity contribution in [2.45, 2.75) is 0 Å². The third kappa shape index (κ3) is 4.54. The molecule has 0 aliphatic carbocycles. The first kappa shape index (κ1) is 28.3. The Labute approximate surface area is 288 Å². The van der Waals surface area contributed by atoms with E-state index in [9.17, 15) is 0 Å². The Morgan fingerprint density at radius 2 is 1.18 bits per heavy atom. The summed E-state index contributed by atoms with van der Waals surface area (Å²) in [4.78, 5) is 2.22. The zero-order valence-corrected chi connectivity index (χ0v) is 27.0. The van der Waals surface area contributed by atoms with E-state index < -0.39 is 0 Å². The maximum Gasteiger partial charge on any atom is 0.137 e. The molecule has 0 bridgehead atoms. The second kappa shape index (κ2) is 11.1. The van der Waals surface area contributed by atoms with Crippen LogP contribution in [0.4, 0.5) is 11.4 Å². The predicted molar refractivity (Wildman–Crippen MR) is 206 cm³/mol. The van der Waals surface area contributed by atoms with Crippen LogP contribution in [-0.2, 0) is 0 Å². The van der Waals surface area contributed by atoms with Gasteiger partial charge in [0.15, 0.2) is 0 Å². The number of hydrogen-bond donors (Lipinski definition) is 0. The molecule has 0 amide bonds. The van der Waals surface area contributed by atoms with Crippen molar-refractivity contribution in [3.05, 3.63) is 182 Å². The summed E-state index contributed by atoms with van der Waals surface area (Å²) in [6.45, 7) is 4.43. The summed E-state index contributed by atoms with van der Waals surface area (Å²) in [5.74, 6) is 0.778. The van der Waals surface area contributed by atoms with Crippen LogP contribution in [-0.4, -0.2) is 0 Å². The van der Waals surface area contributed by atoms with Crippen LogP contribution in [0.5, 0.6) is 5.75 Å². The molecule has 0 radical (unpaired) electrons. The maximum atomic E-state index is 6.33. The first-order valence-electron chi connectivity index (χ1n) is 16.7. The molecular weight excluding hydrogens is 615 g/mol. The van der Waals surface area contributed by atoms with Crippen molar-refractivity contribution in [1.29, 1.82) is 0 Å². The first-order chi connectivity index (χ1) is 24.7. The van der Waals surface area contributed by atoms with E-state index in [0.29, 0.717) is 0 Å². The lowest BCUT2D eigenvalue weighted by Crippen LogP contribution is -2.16. The molecular formula is C46H29NO3. The van der Waals surface area contributed by atoms with Crippen molar-refractivity contribution in [3.63, 3.8) is 0 Å². The van der Waals surface area contributed by atoms with E-state index in [1.807, 2.05) is 60.7 Å². The average molecular weight is 644 g/mol. The van der Waals surface area contributed by atoms with Crippen molar-refractivity contribution in [2.75, 3.05) is 4.90 Å². The summed E-state index contributed by atoms with van der Waals surface area (Å²) in [7, 11) is 0. The molecule has 50 heavy (non-hydrogen) atoms. The highest BCUT2D eigenvalue weighted by Gasteiger charge is 2.19. The van der Waals surface area contributed by atoms with Gasteiger partial charge in [-0.25, -0.2) is 0 Å². The van der Waals surface area contributed by atoms with Gasteiger partial charge in [-0.1, -0.05) is 91.5 Å². The van der Waals surface area contributed by atoms with Crippen LogP contribution >= 0.6 is 0 Å². The molecule has 0 N–H and O–H groups in total. The average Bonchev–Trinajstić information content (AvgIpc) is 3.73. The summed E-state index contributed by atoms with van der Waals surface area (Å²) in [6, 6.07) is 50.4. The molecule has 0 fully saturated rings. The Bertz CT molecular complexity index is 2870. The number of benzene rings is 7. The minimum absolute atomic E-state index is 0.778. The number of para-hydroxylation sites is 3. The molecule has 0 saturated carbocycles. The van der Waals surface area contributed by atoms with Gasteiger partial charge in [0.25, 0.3) is 0 Å². The lowest BCUT2D eigenvalue weighted by Gasteiger charge is -2.27. The fourth-order valence-electron chi connectivity index (χ4n) is 7.28. The Hall–Kier alpha value is -6.78. The van der Waals surface area contributed by atoms with Gasteiger partial charge in [0.1, 0.15) is 28.1 Å². The molecule has 1 aliphatic rings. The van der Waals surface area contributed by atoms with Gasteiger partial charge in [-0.3, -0.25) is 0 Å². The quantitative estimate of drug-likeness (QED) is 0.191. The Morgan fingerprint density at radius 3 is 2.06 bits per heavy atom. The number of furan rings is 2. The summed E-state index contributed by atoms with van der Waals surface area (Å²) in [5, 5.41) is 6.83. The van der Waals surface area contributed by atoms with E-state index in [-0.39, 0.29) is 0 Å². The number of allylic oxidation sites excluding steroid dienone is 3. The first-order valence-corrected chi connectivity index (χ1v) is 16.7. The van der Waals surface area contributed by atoms with E-state index in [1.165, 1.54) is 10.8 Å². The fourth-order valence-corrected chi connectivity index (χ4v) is 7.28. The third-order valence-electron chi connectivity index (χ3n) is 9.69. The summed E-state index contributed by atoms with van der Waals surface area (Å²) in [5.41, 5.74) is 10.4. The van der Waals surface area contributed by atoms with Gasteiger partial charge in [-0.2, -0.15) is 0 Å². The fraction of sp³-hybridized carbons (Fsp3) is 0. The van der Waals surface area contributed by atoms with Crippen molar-refractivity contribution in [3.8, 4) is 16.9 Å². The largest absolute Gasteiger partial charge is 0.464 e. The zero-order chi connectivity index (χ0) is 33.2. The Balaban J connectivity index is 1.10. The highest BCUT2D eigenvalue weighted by molar-refractivity contribution is 6.19. The van der Waals surface area contributed by atoms with Crippen LogP contribution in [0.2, 0.25) is 0 Å². The Kier molecular flexibility index (Phi) is 6.30. The minimum Gasteiger partial charge on any atom is -0.464 e. The normalized spacial score (nSPS) is 14.7. The lowest BCUT2D eigenvalue weighted by atomic mass is 9.98.